The number of hydrogen-bond acceptors (Lipinski definition) is 4. The van der Waals surface area contributed by atoms with Crippen LogP contribution in [0.2, 0.25) is 0 Å². The molecular weight excluding hydrogens is 198 g/mol. The maximum absolute atomic E-state index is 5.58. The Morgan fingerprint density at radius 1 is 1.43 bits per heavy atom. The zero-order chi connectivity index (χ0) is 9.64. The molecule has 0 unspecified atom stereocenters. The molecule has 2 heterocycles. The lowest BCUT2D eigenvalue weighted by Crippen LogP contribution is -2.38. The molecule has 0 aromatic carbocycles. The van der Waals surface area contributed by atoms with E-state index in [0.29, 0.717) is 0 Å². The molecule has 1 fully saturated rings. The number of rotatable bonds is 4. The van der Waals surface area contributed by atoms with Gasteiger partial charge in [0.05, 0.1) is 13.2 Å². The summed E-state index contributed by atoms with van der Waals surface area (Å²) in [5, 5.41) is 4.06. The van der Waals surface area contributed by atoms with E-state index in [0.717, 1.165) is 45.2 Å². The van der Waals surface area contributed by atoms with E-state index in [4.69, 9.17) is 9.47 Å². The predicted molar refractivity (Wildman–Crippen MR) is 57.1 cm³/mol. The average Bonchev–Trinajstić information content (AvgIpc) is 2.72. The van der Waals surface area contributed by atoms with Gasteiger partial charge in [-0.15, -0.1) is 11.3 Å². The molecule has 1 aromatic rings. The fourth-order valence-electron chi connectivity index (χ4n) is 1.45. The maximum atomic E-state index is 5.58. The number of nitrogens with zero attached hydrogens (tertiary/aromatic N) is 1. The third-order valence-corrected chi connectivity index (χ3v) is 2.94. The van der Waals surface area contributed by atoms with Crippen LogP contribution in [-0.4, -0.2) is 44.4 Å². The minimum atomic E-state index is 0.775. The lowest BCUT2D eigenvalue weighted by Gasteiger charge is -2.26. The van der Waals surface area contributed by atoms with E-state index in [1.807, 2.05) is 16.8 Å². The molecule has 14 heavy (non-hydrogen) atoms. The third-order valence-electron chi connectivity index (χ3n) is 2.28. The minimum absolute atomic E-state index is 0.775. The topological polar surface area (TPSA) is 21.7 Å². The monoisotopic (exact) mass is 213 g/mol. The van der Waals surface area contributed by atoms with Gasteiger partial charge in [-0.25, -0.2) is 0 Å². The number of hydrogen-bond donors (Lipinski definition) is 0. The molecule has 78 valence electrons. The van der Waals surface area contributed by atoms with Crippen LogP contribution in [0, 0.1) is 0 Å². The van der Waals surface area contributed by atoms with Crippen molar-refractivity contribution in [1.29, 1.82) is 0 Å². The molecule has 0 N–H and O–H groups in total. The Bertz CT molecular complexity index is 245. The van der Waals surface area contributed by atoms with E-state index < -0.39 is 0 Å². The fraction of sp³-hybridized carbons (Fsp3) is 0.600. The fourth-order valence-corrected chi connectivity index (χ4v) is 2.02. The van der Waals surface area contributed by atoms with Gasteiger partial charge in [0, 0.05) is 25.0 Å². The van der Waals surface area contributed by atoms with Crippen LogP contribution in [0.4, 0.5) is 0 Å². The number of ether oxygens (including phenoxy) is 2. The van der Waals surface area contributed by atoms with Crippen molar-refractivity contribution in [3.63, 3.8) is 0 Å². The summed E-state index contributed by atoms with van der Waals surface area (Å²) in [5.41, 5.74) is 0. The summed E-state index contributed by atoms with van der Waals surface area (Å²) in [7, 11) is 0. The van der Waals surface area contributed by atoms with Crippen LogP contribution in [0.3, 0.4) is 0 Å². The van der Waals surface area contributed by atoms with Crippen molar-refractivity contribution in [2.24, 2.45) is 0 Å². The van der Waals surface area contributed by atoms with E-state index in [9.17, 15) is 0 Å². The van der Waals surface area contributed by atoms with Crippen molar-refractivity contribution in [3.8, 4) is 5.75 Å². The van der Waals surface area contributed by atoms with Crippen molar-refractivity contribution in [2.45, 2.75) is 0 Å². The van der Waals surface area contributed by atoms with Gasteiger partial charge in [0.2, 0.25) is 0 Å². The average molecular weight is 213 g/mol. The van der Waals surface area contributed by atoms with Gasteiger partial charge in [0.1, 0.15) is 12.4 Å². The third kappa shape index (κ3) is 2.97. The molecule has 0 radical (unpaired) electrons. The van der Waals surface area contributed by atoms with Gasteiger partial charge in [-0.3, -0.25) is 4.90 Å². The summed E-state index contributed by atoms with van der Waals surface area (Å²) in [6.07, 6.45) is 0. The Labute approximate surface area is 88.2 Å². The summed E-state index contributed by atoms with van der Waals surface area (Å²) in [6.45, 7) is 5.56. The molecule has 0 spiro atoms. The van der Waals surface area contributed by atoms with Gasteiger partial charge in [0.15, 0.2) is 0 Å². The van der Waals surface area contributed by atoms with Crippen molar-refractivity contribution in [1.82, 2.24) is 4.90 Å². The van der Waals surface area contributed by atoms with Crippen LogP contribution in [0.15, 0.2) is 16.8 Å². The lowest BCUT2D eigenvalue weighted by atomic mass is 10.4. The second kappa shape index (κ2) is 5.34. The van der Waals surface area contributed by atoms with Gasteiger partial charge in [-0.2, -0.15) is 0 Å². The minimum Gasteiger partial charge on any atom is -0.491 e. The molecule has 1 aromatic heterocycles. The van der Waals surface area contributed by atoms with E-state index in [-0.39, 0.29) is 0 Å². The number of morpholine rings is 1. The maximum Gasteiger partial charge on any atom is 0.130 e. The van der Waals surface area contributed by atoms with Crippen LogP contribution in [0.1, 0.15) is 0 Å². The van der Waals surface area contributed by atoms with Gasteiger partial charge >= 0.3 is 0 Å². The molecule has 1 saturated heterocycles. The zero-order valence-electron chi connectivity index (χ0n) is 8.15. The summed E-state index contributed by atoms with van der Waals surface area (Å²) >= 11 is 1.67. The van der Waals surface area contributed by atoms with Gasteiger partial charge < -0.3 is 9.47 Å². The van der Waals surface area contributed by atoms with Crippen LogP contribution in [0.5, 0.6) is 5.75 Å². The summed E-state index contributed by atoms with van der Waals surface area (Å²) in [4.78, 5) is 2.37. The Hall–Kier alpha value is -0.580. The standard InChI is InChI=1S/C10H15NO2S/c1-8-14-9-10(1)13-7-4-11-2-5-12-6-3-11/h1,8-9H,2-7H2. The molecule has 0 atom stereocenters. The van der Waals surface area contributed by atoms with Crippen LogP contribution in [-0.2, 0) is 4.74 Å². The molecule has 0 bridgehead atoms. The largest absolute Gasteiger partial charge is 0.491 e. The number of thiophene rings is 1. The van der Waals surface area contributed by atoms with Crippen LogP contribution >= 0.6 is 11.3 Å². The molecule has 1 aliphatic rings. The Kier molecular flexibility index (Phi) is 3.80. The lowest BCUT2D eigenvalue weighted by molar-refractivity contribution is 0.0323. The first-order valence-electron chi connectivity index (χ1n) is 4.90. The highest BCUT2D eigenvalue weighted by molar-refractivity contribution is 7.08. The van der Waals surface area contributed by atoms with E-state index in [1.165, 1.54) is 0 Å². The quantitative estimate of drug-likeness (QED) is 0.756. The van der Waals surface area contributed by atoms with Crippen LogP contribution < -0.4 is 4.74 Å². The van der Waals surface area contributed by atoms with Gasteiger partial charge in [-0.1, -0.05) is 0 Å². The smallest absolute Gasteiger partial charge is 0.130 e. The second-order valence-electron chi connectivity index (χ2n) is 3.26. The molecule has 0 amide bonds. The van der Waals surface area contributed by atoms with Gasteiger partial charge in [0.25, 0.3) is 0 Å². The summed E-state index contributed by atoms with van der Waals surface area (Å²) < 4.78 is 10.8. The zero-order valence-corrected chi connectivity index (χ0v) is 8.96. The van der Waals surface area contributed by atoms with Gasteiger partial charge in [-0.05, 0) is 11.4 Å². The SMILES string of the molecule is c1cc(OCCN2CCOCC2)cs1. The Morgan fingerprint density at radius 2 is 2.29 bits per heavy atom. The first-order valence-corrected chi connectivity index (χ1v) is 5.84. The van der Waals surface area contributed by atoms with Crippen molar-refractivity contribution < 1.29 is 9.47 Å². The molecule has 1 aliphatic heterocycles. The molecular formula is C10H15NO2S. The van der Waals surface area contributed by atoms with Crippen molar-refractivity contribution >= 4 is 11.3 Å². The Morgan fingerprint density at radius 3 is 3.00 bits per heavy atom. The highest BCUT2D eigenvalue weighted by Crippen LogP contribution is 2.14. The molecule has 0 aliphatic carbocycles. The first-order chi connectivity index (χ1) is 6.95. The highest BCUT2D eigenvalue weighted by Gasteiger charge is 2.09. The van der Waals surface area contributed by atoms with E-state index in [1.54, 1.807) is 11.3 Å². The molecule has 3 nitrogen and oxygen atoms in total. The van der Waals surface area contributed by atoms with E-state index in [2.05, 4.69) is 4.90 Å². The van der Waals surface area contributed by atoms with Crippen molar-refractivity contribution in [3.05, 3.63) is 16.8 Å². The first kappa shape index (κ1) is 9.96. The molecule has 0 saturated carbocycles. The Balaban J connectivity index is 1.62. The molecule has 2 rings (SSSR count). The summed E-state index contributed by atoms with van der Waals surface area (Å²) in [5.74, 6) is 0.989. The van der Waals surface area contributed by atoms with E-state index >= 15 is 0 Å². The van der Waals surface area contributed by atoms with Crippen LogP contribution in [0.25, 0.3) is 0 Å². The predicted octanol–water partition coefficient (Wildman–Crippen LogP) is 1.46. The second-order valence-corrected chi connectivity index (χ2v) is 4.04. The molecule has 4 heteroatoms. The van der Waals surface area contributed by atoms with Crippen molar-refractivity contribution in [2.75, 3.05) is 39.5 Å². The highest BCUT2D eigenvalue weighted by atomic mass is 32.1. The normalized spacial score (nSPS) is 18.3. The summed E-state index contributed by atoms with van der Waals surface area (Å²) in [6, 6.07) is 2.00.